The first kappa shape index (κ1) is 26.7. The number of hydrogen-bond acceptors (Lipinski definition) is 7. The van der Waals surface area contributed by atoms with Crippen LogP contribution >= 0.6 is 0 Å². The molecule has 3 aliphatic heterocycles. The third-order valence-corrected chi connectivity index (χ3v) is 7.98. The number of H-pyrrole nitrogens is 1. The fraction of sp³-hybridized carbons (Fsp3) is 0.500. The molecule has 0 unspecified atom stereocenters. The number of amides is 1. The fourth-order valence-electron chi connectivity index (χ4n) is 6.03. The van der Waals surface area contributed by atoms with Crippen LogP contribution < -0.4 is 15.4 Å². The van der Waals surface area contributed by atoms with Crippen molar-refractivity contribution in [2.75, 3.05) is 63.2 Å². The number of aromatic nitrogens is 2. The van der Waals surface area contributed by atoms with E-state index < -0.39 is 11.7 Å². The number of nitrogens with one attached hydrogen (secondary N) is 3. The van der Waals surface area contributed by atoms with E-state index in [1.165, 1.54) is 0 Å². The van der Waals surface area contributed by atoms with Gasteiger partial charge >= 0.3 is 6.18 Å². The number of ether oxygens (including phenoxy) is 2. The van der Waals surface area contributed by atoms with E-state index in [1.54, 1.807) is 12.1 Å². The van der Waals surface area contributed by atoms with Gasteiger partial charge in [-0.05, 0) is 31.9 Å². The summed E-state index contributed by atoms with van der Waals surface area (Å²) in [4.78, 5) is 25.0. The van der Waals surface area contributed by atoms with E-state index in [0.29, 0.717) is 67.2 Å². The second kappa shape index (κ2) is 10.8. The van der Waals surface area contributed by atoms with Gasteiger partial charge in [-0.25, -0.2) is 4.98 Å². The van der Waals surface area contributed by atoms with E-state index in [1.807, 2.05) is 17.9 Å². The summed E-state index contributed by atoms with van der Waals surface area (Å²) < 4.78 is 52.1. The number of halogens is 3. The van der Waals surface area contributed by atoms with Gasteiger partial charge in [0.1, 0.15) is 17.2 Å². The number of piperidine rings is 1. The van der Waals surface area contributed by atoms with Gasteiger partial charge in [0.25, 0.3) is 5.91 Å². The number of carbonyl (C=O) groups is 1. The summed E-state index contributed by atoms with van der Waals surface area (Å²) in [7, 11) is 0. The van der Waals surface area contributed by atoms with Gasteiger partial charge in [0.05, 0.1) is 36.5 Å². The summed E-state index contributed by atoms with van der Waals surface area (Å²) in [5, 5.41) is 6.23. The van der Waals surface area contributed by atoms with Crippen molar-refractivity contribution in [1.29, 1.82) is 0 Å². The summed E-state index contributed by atoms with van der Waals surface area (Å²) in [6.07, 6.45) is -1.07. The van der Waals surface area contributed by atoms with Gasteiger partial charge < -0.3 is 30.0 Å². The number of nitrogens with zero attached hydrogens (tertiary/aromatic N) is 3. The summed E-state index contributed by atoms with van der Waals surface area (Å²) in [6, 6.07) is 5.64. The van der Waals surface area contributed by atoms with Gasteiger partial charge in [0, 0.05) is 74.3 Å². The van der Waals surface area contributed by atoms with E-state index >= 15 is 0 Å². The van der Waals surface area contributed by atoms with E-state index in [2.05, 4.69) is 25.5 Å². The van der Waals surface area contributed by atoms with Gasteiger partial charge in [-0.2, -0.15) is 13.2 Å². The number of benzene rings is 1. The maximum atomic E-state index is 13.6. The SMILES string of the molecule is CCNc1cc(Nc2ccc(C(=O)N3CCC(N4CCOCC4)CC3)c3c2OCC3)nc2[nH]cc(C(F)(F)F)c12. The van der Waals surface area contributed by atoms with Gasteiger partial charge in [0.2, 0.25) is 0 Å². The number of morpholine rings is 1. The highest BCUT2D eigenvalue weighted by molar-refractivity contribution is 5.98. The highest BCUT2D eigenvalue weighted by atomic mass is 19.4. The molecular formula is C28H33F3N6O3. The van der Waals surface area contributed by atoms with E-state index in [9.17, 15) is 18.0 Å². The molecule has 5 heterocycles. The Morgan fingerprint density at radius 2 is 1.90 bits per heavy atom. The van der Waals surface area contributed by atoms with Crippen LogP contribution in [0.25, 0.3) is 11.0 Å². The van der Waals surface area contributed by atoms with Crippen LogP contribution in [0, 0.1) is 0 Å². The second-order valence-corrected chi connectivity index (χ2v) is 10.4. The Labute approximate surface area is 230 Å². The number of likely N-dealkylation sites (tertiary alicyclic amines) is 1. The van der Waals surface area contributed by atoms with Gasteiger partial charge in [-0.15, -0.1) is 0 Å². The standard InChI is InChI=1S/C28H33F3N6O3/c1-2-32-22-15-23(35-26-24(22)20(16-33-26)28(29,30)31)34-21-4-3-19(18-7-12-40-25(18)21)27(38)37-8-5-17(6-9-37)36-10-13-39-14-11-36/h3-4,15-17H,2,5-14H2,1H3,(H3,32,33,34,35). The molecular weight excluding hydrogens is 525 g/mol. The van der Waals surface area contributed by atoms with Crippen LogP contribution in [0.15, 0.2) is 24.4 Å². The predicted molar refractivity (Wildman–Crippen MR) is 146 cm³/mol. The van der Waals surface area contributed by atoms with Crippen molar-refractivity contribution < 1.29 is 27.4 Å². The average molecular weight is 559 g/mol. The van der Waals surface area contributed by atoms with Crippen LogP contribution in [0.5, 0.6) is 5.75 Å². The van der Waals surface area contributed by atoms with E-state index in [0.717, 1.165) is 50.9 Å². The smallest absolute Gasteiger partial charge is 0.418 e. The Balaban J connectivity index is 1.22. The van der Waals surface area contributed by atoms with Crippen LogP contribution in [-0.4, -0.2) is 84.3 Å². The summed E-state index contributed by atoms with van der Waals surface area (Å²) in [5.74, 6) is 0.957. The number of carbonyl (C=O) groups excluding carboxylic acids is 1. The molecule has 40 heavy (non-hydrogen) atoms. The van der Waals surface area contributed by atoms with Crippen molar-refractivity contribution in [2.45, 2.75) is 38.4 Å². The molecule has 0 aliphatic carbocycles. The normalized spacial score (nSPS) is 18.6. The minimum atomic E-state index is -4.51. The molecule has 1 aromatic carbocycles. The third kappa shape index (κ3) is 5.05. The minimum absolute atomic E-state index is 0.000265. The number of rotatable bonds is 6. The molecule has 214 valence electrons. The number of alkyl halides is 3. The zero-order chi connectivity index (χ0) is 27.9. The molecule has 2 fully saturated rings. The van der Waals surface area contributed by atoms with Crippen molar-refractivity contribution in [3.05, 3.63) is 41.1 Å². The minimum Gasteiger partial charge on any atom is -0.491 e. The Bertz CT molecular complexity index is 1390. The number of fused-ring (bicyclic) bond motifs is 2. The summed E-state index contributed by atoms with van der Waals surface area (Å²) >= 11 is 0. The maximum Gasteiger partial charge on any atom is 0.418 e. The van der Waals surface area contributed by atoms with Crippen molar-refractivity contribution >= 4 is 34.1 Å². The molecule has 0 atom stereocenters. The molecule has 2 saturated heterocycles. The molecule has 0 radical (unpaired) electrons. The largest absolute Gasteiger partial charge is 0.491 e. The summed E-state index contributed by atoms with van der Waals surface area (Å²) in [5.41, 5.74) is 1.79. The molecule has 3 N–H and O–H groups in total. The Kier molecular flexibility index (Phi) is 7.22. The van der Waals surface area contributed by atoms with Gasteiger partial charge in [0.15, 0.2) is 0 Å². The molecule has 9 nitrogen and oxygen atoms in total. The molecule has 12 heteroatoms. The molecule has 0 bridgehead atoms. The van der Waals surface area contributed by atoms with Crippen molar-refractivity contribution in [1.82, 2.24) is 19.8 Å². The molecule has 2 aromatic heterocycles. The quantitative estimate of drug-likeness (QED) is 0.406. The van der Waals surface area contributed by atoms with Crippen LogP contribution in [0.1, 0.15) is 41.3 Å². The van der Waals surface area contributed by atoms with Crippen molar-refractivity contribution in [2.24, 2.45) is 0 Å². The first-order chi connectivity index (χ1) is 19.3. The van der Waals surface area contributed by atoms with Crippen LogP contribution in [0.3, 0.4) is 0 Å². The number of hydrogen-bond donors (Lipinski definition) is 3. The Hall–Kier alpha value is -3.51. The Morgan fingerprint density at radius 1 is 1.12 bits per heavy atom. The van der Waals surface area contributed by atoms with Crippen molar-refractivity contribution in [3.8, 4) is 5.75 Å². The molecule has 3 aliphatic rings. The maximum absolute atomic E-state index is 13.6. The second-order valence-electron chi connectivity index (χ2n) is 10.4. The topological polar surface area (TPSA) is 94.8 Å². The van der Waals surface area contributed by atoms with Crippen molar-refractivity contribution in [3.63, 3.8) is 0 Å². The lowest BCUT2D eigenvalue weighted by Gasteiger charge is -2.40. The molecule has 0 spiro atoms. The van der Waals surface area contributed by atoms with Gasteiger partial charge in [-0.3, -0.25) is 9.69 Å². The monoisotopic (exact) mass is 558 g/mol. The molecule has 1 amide bonds. The zero-order valence-electron chi connectivity index (χ0n) is 22.4. The van der Waals surface area contributed by atoms with E-state index in [4.69, 9.17) is 9.47 Å². The summed E-state index contributed by atoms with van der Waals surface area (Å²) in [6.45, 7) is 7.57. The molecule has 0 saturated carbocycles. The highest BCUT2D eigenvalue weighted by Gasteiger charge is 2.35. The number of pyridine rings is 1. The van der Waals surface area contributed by atoms with Crippen LogP contribution in [0.2, 0.25) is 0 Å². The van der Waals surface area contributed by atoms with Crippen LogP contribution in [-0.2, 0) is 17.3 Å². The average Bonchev–Trinajstić information content (AvgIpc) is 3.62. The predicted octanol–water partition coefficient (Wildman–Crippen LogP) is 4.63. The Morgan fingerprint density at radius 3 is 2.62 bits per heavy atom. The molecule has 6 rings (SSSR count). The highest BCUT2D eigenvalue weighted by Crippen LogP contribution is 2.41. The first-order valence-corrected chi connectivity index (χ1v) is 13.8. The lowest BCUT2D eigenvalue weighted by atomic mass is 9.99. The lowest BCUT2D eigenvalue weighted by molar-refractivity contribution is -0.136. The first-order valence-electron chi connectivity index (χ1n) is 13.8. The van der Waals surface area contributed by atoms with E-state index in [-0.39, 0.29) is 16.9 Å². The third-order valence-electron chi connectivity index (χ3n) is 7.98. The molecule has 3 aromatic rings. The lowest BCUT2D eigenvalue weighted by Crippen LogP contribution is -2.50. The fourth-order valence-corrected chi connectivity index (χ4v) is 6.03. The van der Waals surface area contributed by atoms with Gasteiger partial charge in [-0.1, -0.05) is 0 Å². The number of anilines is 3. The number of aromatic amines is 1. The van der Waals surface area contributed by atoms with Crippen LogP contribution in [0.4, 0.5) is 30.4 Å². The zero-order valence-corrected chi connectivity index (χ0v) is 22.4.